The van der Waals surface area contributed by atoms with E-state index in [-0.39, 0.29) is 5.82 Å². The lowest BCUT2D eigenvalue weighted by atomic mass is 10.3. The number of methoxy groups -OCH3 is 1. The van der Waals surface area contributed by atoms with Crippen LogP contribution in [0.15, 0.2) is 18.6 Å². The quantitative estimate of drug-likeness (QED) is 0.597. The first-order valence-corrected chi connectivity index (χ1v) is 5.12. The highest BCUT2D eigenvalue weighted by atomic mass is 35.5. The van der Waals surface area contributed by atoms with Gasteiger partial charge in [0.2, 0.25) is 0 Å². The Morgan fingerprint density at radius 2 is 2.24 bits per heavy atom. The predicted octanol–water partition coefficient (Wildman–Crippen LogP) is 1.41. The average molecular weight is 253 g/mol. The van der Waals surface area contributed by atoms with Crippen molar-refractivity contribution in [1.82, 2.24) is 19.7 Å². The third-order valence-electron chi connectivity index (χ3n) is 2.15. The normalized spacial score (nSPS) is 10.3. The molecule has 0 saturated carbocycles. The van der Waals surface area contributed by atoms with Crippen LogP contribution in [0.2, 0.25) is 5.15 Å². The van der Waals surface area contributed by atoms with Gasteiger partial charge in [-0.15, -0.1) is 5.10 Å². The molecular formula is C10H9ClN4O2. The van der Waals surface area contributed by atoms with Gasteiger partial charge in [-0.25, -0.2) is 19.4 Å². The van der Waals surface area contributed by atoms with Crippen molar-refractivity contribution in [2.45, 2.75) is 6.92 Å². The lowest BCUT2D eigenvalue weighted by Crippen LogP contribution is -2.05. The number of rotatable bonds is 2. The van der Waals surface area contributed by atoms with Crippen LogP contribution < -0.4 is 0 Å². The Bertz CT molecular complexity index is 567. The molecule has 0 aliphatic heterocycles. The van der Waals surface area contributed by atoms with E-state index in [1.807, 2.05) is 6.92 Å². The second kappa shape index (κ2) is 4.50. The van der Waals surface area contributed by atoms with Gasteiger partial charge in [0.15, 0.2) is 0 Å². The molecular weight excluding hydrogens is 244 g/mol. The molecule has 0 atom stereocenters. The summed E-state index contributed by atoms with van der Waals surface area (Å²) in [5.41, 5.74) is 1.59. The highest BCUT2D eigenvalue weighted by molar-refractivity contribution is 6.29. The lowest BCUT2D eigenvalue weighted by molar-refractivity contribution is 0.0587. The maximum atomic E-state index is 11.2. The molecule has 7 heteroatoms. The average Bonchev–Trinajstić information content (AvgIpc) is 2.80. The Hall–Kier alpha value is -1.95. The van der Waals surface area contributed by atoms with E-state index in [1.54, 1.807) is 12.3 Å². The van der Waals surface area contributed by atoms with Crippen molar-refractivity contribution in [3.63, 3.8) is 0 Å². The van der Waals surface area contributed by atoms with Crippen molar-refractivity contribution in [2.24, 2.45) is 0 Å². The van der Waals surface area contributed by atoms with Crippen LogP contribution in [-0.2, 0) is 4.74 Å². The van der Waals surface area contributed by atoms with E-state index in [0.29, 0.717) is 10.8 Å². The van der Waals surface area contributed by atoms with Gasteiger partial charge in [0.25, 0.3) is 5.82 Å². The van der Waals surface area contributed by atoms with Crippen LogP contribution in [-0.4, -0.2) is 32.8 Å². The van der Waals surface area contributed by atoms with Gasteiger partial charge in [0.1, 0.15) is 11.5 Å². The summed E-state index contributed by atoms with van der Waals surface area (Å²) in [6.45, 7) is 1.86. The number of carbonyl (C=O) groups is 1. The van der Waals surface area contributed by atoms with Crippen molar-refractivity contribution in [2.75, 3.05) is 7.11 Å². The fourth-order valence-electron chi connectivity index (χ4n) is 1.30. The summed E-state index contributed by atoms with van der Waals surface area (Å²) in [7, 11) is 1.28. The van der Waals surface area contributed by atoms with Gasteiger partial charge in [0, 0.05) is 12.3 Å². The number of esters is 1. The number of hydrogen-bond donors (Lipinski definition) is 0. The van der Waals surface area contributed by atoms with Crippen LogP contribution in [0.4, 0.5) is 0 Å². The highest BCUT2D eigenvalue weighted by Crippen LogP contribution is 2.15. The number of ether oxygens (including phenoxy) is 1. The van der Waals surface area contributed by atoms with E-state index < -0.39 is 5.97 Å². The minimum atomic E-state index is -0.582. The van der Waals surface area contributed by atoms with Crippen molar-refractivity contribution >= 4 is 17.6 Å². The monoisotopic (exact) mass is 252 g/mol. The summed E-state index contributed by atoms with van der Waals surface area (Å²) >= 11 is 5.80. The summed E-state index contributed by atoms with van der Waals surface area (Å²) in [5, 5.41) is 4.35. The van der Waals surface area contributed by atoms with Gasteiger partial charge in [-0.1, -0.05) is 11.6 Å². The van der Waals surface area contributed by atoms with E-state index in [9.17, 15) is 4.79 Å². The molecule has 0 aromatic carbocycles. The van der Waals surface area contributed by atoms with Crippen LogP contribution >= 0.6 is 11.6 Å². The van der Waals surface area contributed by atoms with E-state index in [2.05, 4.69) is 19.8 Å². The molecule has 0 fully saturated rings. The third-order valence-corrected chi connectivity index (χ3v) is 2.35. The Labute approximate surface area is 102 Å². The molecule has 0 bridgehead atoms. The van der Waals surface area contributed by atoms with Crippen molar-refractivity contribution in [3.05, 3.63) is 35.1 Å². The molecule has 0 amide bonds. The van der Waals surface area contributed by atoms with Crippen molar-refractivity contribution in [1.29, 1.82) is 0 Å². The molecule has 2 aromatic heterocycles. The lowest BCUT2D eigenvalue weighted by Gasteiger charge is -2.04. The SMILES string of the molecule is COC(=O)c1ncn(-c2cc(Cl)ncc2C)n1. The number of nitrogens with zero attached hydrogens (tertiary/aromatic N) is 4. The molecule has 0 aliphatic rings. The standard InChI is InChI=1S/C10H9ClN4O2/c1-6-4-12-8(11)3-7(6)15-5-13-9(14-15)10(16)17-2/h3-5H,1-2H3. The van der Waals surface area contributed by atoms with Gasteiger partial charge >= 0.3 is 5.97 Å². The largest absolute Gasteiger partial charge is 0.463 e. The van der Waals surface area contributed by atoms with Gasteiger partial charge < -0.3 is 4.74 Å². The van der Waals surface area contributed by atoms with Crippen LogP contribution in [0.25, 0.3) is 5.69 Å². The fourth-order valence-corrected chi connectivity index (χ4v) is 1.45. The molecule has 0 N–H and O–H groups in total. The van der Waals surface area contributed by atoms with E-state index in [1.165, 1.54) is 18.1 Å². The molecule has 6 nitrogen and oxygen atoms in total. The van der Waals surface area contributed by atoms with E-state index in [0.717, 1.165) is 5.56 Å². The minimum absolute atomic E-state index is 0.000153. The second-order valence-corrected chi connectivity index (χ2v) is 3.69. The maximum Gasteiger partial charge on any atom is 0.377 e. The minimum Gasteiger partial charge on any atom is -0.463 e. The molecule has 0 saturated heterocycles. The zero-order valence-corrected chi connectivity index (χ0v) is 9.97. The van der Waals surface area contributed by atoms with Gasteiger partial charge in [0.05, 0.1) is 12.8 Å². The maximum absolute atomic E-state index is 11.2. The number of hydrogen-bond acceptors (Lipinski definition) is 5. The first-order chi connectivity index (χ1) is 8.11. The number of carbonyl (C=O) groups excluding carboxylic acids is 1. The van der Waals surface area contributed by atoms with Crippen molar-refractivity contribution in [3.8, 4) is 5.69 Å². The number of aryl methyl sites for hydroxylation is 1. The molecule has 0 radical (unpaired) electrons. The predicted molar refractivity (Wildman–Crippen MR) is 60.2 cm³/mol. The molecule has 17 heavy (non-hydrogen) atoms. The molecule has 88 valence electrons. The Kier molecular flexibility index (Phi) is 3.06. The number of aromatic nitrogens is 4. The van der Waals surface area contributed by atoms with Crippen molar-refractivity contribution < 1.29 is 9.53 Å². The summed E-state index contributed by atoms with van der Waals surface area (Å²) in [4.78, 5) is 19.0. The Morgan fingerprint density at radius 1 is 1.47 bits per heavy atom. The summed E-state index contributed by atoms with van der Waals surface area (Å²) in [6, 6.07) is 1.65. The van der Waals surface area contributed by atoms with Gasteiger partial charge in [-0.3, -0.25) is 0 Å². The number of halogens is 1. The third kappa shape index (κ3) is 2.26. The summed E-state index contributed by atoms with van der Waals surface area (Å²) < 4.78 is 5.98. The van der Waals surface area contributed by atoms with Crippen LogP contribution in [0.1, 0.15) is 16.2 Å². The summed E-state index contributed by atoms with van der Waals surface area (Å²) in [5.74, 6) is -0.582. The van der Waals surface area contributed by atoms with Gasteiger partial charge in [-0.2, -0.15) is 0 Å². The second-order valence-electron chi connectivity index (χ2n) is 3.30. The topological polar surface area (TPSA) is 69.9 Å². The first kappa shape index (κ1) is 11.5. The van der Waals surface area contributed by atoms with Gasteiger partial charge in [-0.05, 0) is 12.5 Å². The zero-order chi connectivity index (χ0) is 12.4. The molecule has 0 unspecified atom stereocenters. The molecule has 2 aromatic rings. The Morgan fingerprint density at radius 3 is 2.94 bits per heavy atom. The number of pyridine rings is 1. The highest BCUT2D eigenvalue weighted by Gasteiger charge is 2.13. The van der Waals surface area contributed by atoms with E-state index >= 15 is 0 Å². The molecule has 0 aliphatic carbocycles. The molecule has 2 rings (SSSR count). The van der Waals surface area contributed by atoms with Crippen LogP contribution in [0, 0.1) is 6.92 Å². The Balaban J connectivity index is 2.43. The molecule has 2 heterocycles. The first-order valence-electron chi connectivity index (χ1n) is 4.74. The van der Waals surface area contributed by atoms with E-state index in [4.69, 9.17) is 11.6 Å². The zero-order valence-electron chi connectivity index (χ0n) is 9.22. The fraction of sp³-hybridized carbons (Fsp3) is 0.200. The van der Waals surface area contributed by atoms with Crippen LogP contribution in [0.3, 0.4) is 0 Å². The molecule has 0 spiro atoms. The summed E-state index contributed by atoms with van der Waals surface area (Å²) in [6.07, 6.45) is 3.04. The van der Waals surface area contributed by atoms with Crippen LogP contribution in [0.5, 0.6) is 0 Å². The smallest absolute Gasteiger partial charge is 0.377 e.